The van der Waals surface area contributed by atoms with E-state index >= 15 is 0 Å². The summed E-state index contributed by atoms with van der Waals surface area (Å²) in [5.41, 5.74) is 0.989. The van der Waals surface area contributed by atoms with Gasteiger partial charge in [-0.2, -0.15) is 0 Å². The molecule has 4 nitrogen and oxygen atoms in total. The summed E-state index contributed by atoms with van der Waals surface area (Å²) in [5, 5.41) is 3.86. The van der Waals surface area contributed by atoms with Crippen LogP contribution < -0.4 is 5.32 Å². The Bertz CT molecular complexity index is 582. The van der Waals surface area contributed by atoms with Gasteiger partial charge in [-0.05, 0) is 43.4 Å². The number of nitrogens with one attached hydrogen (secondary N) is 1. The van der Waals surface area contributed by atoms with Crippen LogP contribution in [0.5, 0.6) is 0 Å². The van der Waals surface area contributed by atoms with Gasteiger partial charge >= 0.3 is 0 Å². The van der Waals surface area contributed by atoms with Crippen molar-refractivity contribution in [2.75, 3.05) is 0 Å². The normalized spacial score (nSPS) is 16.1. The first-order chi connectivity index (χ1) is 12.5. The Labute approximate surface area is 162 Å². The Morgan fingerprint density at radius 1 is 1.15 bits per heavy atom. The lowest BCUT2D eigenvalue weighted by molar-refractivity contribution is -0.141. The van der Waals surface area contributed by atoms with Gasteiger partial charge in [0.2, 0.25) is 11.8 Å². The quantitative estimate of drug-likeness (QED) is 0.712. The van der Waals surface area contributed by atoms with Gasteiger partial charge in [-0.15, -0.1) is 0 Å². The van der Waals surface area contributed by atoms with E-state index in [0.717, 1.165) is 24.8 Å². The summed E-state index contributed by atoms with van der Waals surface area (Å²) in [7, 11) is 0. The third kappa shape index (κ3) is 6.01. The molecule has 1 atom stereocenters. The molecule has 26 heavy (non-hydrogen) atoms. The third-order valence-electron chi connectivity index (χ3n) is 5.07. The van der Waals surface area contributed by atoms with Crippen LogP contribution in [0.15, 0.2) is 24.3 Å². The monoisotopic (exact) mass is 378 g/mol. The standard InChI is InChI=1S/C21H31ClN2O2/c1-3-8-20(25)24(15-16-11-13-17(22)14-12-16)19(4-2)21(26)23-18-9-6-5-7-10-18/h11-14,18-19H,3-10,15H2,1-2H3,(H,23,26). The molecule has 2 amide bonds. The summed E-state index contributed by atoms with van der Waals surface area (Å²) in [4.78, 5) is 27.4. The summed E-state index contributed by atoms with van der Waals surface area (Å²) in [6.45, 7) is 4.40. The average Bonchev–Trinajstić information content (AvgIpc) is 2.64. The number of nitrogens with zero attached hydrogens (tertiary/aromatic N) is 1. The van der Waals surface area contributed by atoms with Crippen LogP contribution in [0.25, 0.3) is 0 Å². The molecular weight excluding hydrogens is 348 g/mol. The first-order valence-corrected chi connectivity index (χ1v) is 10.3. The smallest absolute Gasteiger partial charge is 0.243 e. The zero-order valence-electron chi connectivity index (χ0n) is 16.0. The zero-order chi connectivity index (χ0) is 18.9. The number of halogens is 1. The van der Waals surface area contributed by atoms with Crippen LogP contribution in [-0.4, -0.2) is 28.8 Å². The lowest BCUT2D eigenvalue weighted by Gasteiger charge is -2.32. The van der Waals surface area contributed by atoms with Gasteiger partial charge in [-0.3, -0.25) is 9.59 Å². The van der Waals surface area contributed by atoms with Gasteiger partial charge in [0.15, 0.2) is 0 Å². The Morgan fingerprint density at radius 2 is 1.81 bits per heavy atom. The van der Waals surface area contributed by atoms with E-state index in [-0.39, 0.29) is 17.9 Å². The largest absolute Gasteiger partial charge is 0.352 e. The average molecular weight is 379 g/mol. The maximum Gasteiger partial charge on any atom is 0.243 e. The highest BCUT2D eigenvalue weighted by atomic mass is 35.5. The second kappa shape index (κ2) is 10.6. The summed E-state index contributed by atoms with van der Waals surface area (Å²) in [6, 6.07) is 7.31. The molecule has 1 aromatic carbocycles. The number of amides is 2. The molecule has 0 aromatic heterocycles. The van der Waals surface area contributed by atoms with Crippen molar-refractivity contribution in [1.82, 2.24) is 10.2 Å². The molecule has 0 saturated heterocycles. The molecule has 1 aromatic rings. The molecule has 1 aliphatic carbocycles. The predicted octanol–water partition coefficient (Wildman–Crippen LogP) is 4.70. The Hall–Kier alpha value is -1.55. The van der Waals surface area contributed by atoms with E-state index in [9.17, 15) is 9.59 Å². The van der Waals surface area contributed by atoms with Crippen molar-refractivity contribution in [3.8, 4) is 0 Å². The van der Waals surface area contributed by atoms with Gasteiger partial charge in [-0.25, -0.2) is 0 Å². The highest BCUT2D eigenvalue weighted by Crippen LogP contribution is 2.20. The minimum absolute atomic E-state index is 0.0159. The summed E-state index contributed by atoms with van der Waals surface area (Å²) < 4.78 is 0. The van der Waals surface area contributed by atoms with Crippen molar-refractivity contribution >= 4 is 23.4 Å². The molecule has 0 bridgehead atoms. The van der Waals surface area contributed by atoms with Crippen molar-refractivity contribution < 1.29 is 9.59 Å². The molecule has 2 rings (SSSR count). The van der Waals surface area contributed by atoms with E-state index in [2.05, 4.69) is 5.32 Å². The van der Waals surface area contributed by atoms with Gasteiger partial charge in [0.25, 0.3) is 0 Å². The number of rotatable bonds is 8. The van der Waals surface area contributed by atoms with Crippen LogP contribution in [0.3, 0.4) is 0 Å². The molecule has 1 saturated carbocycles. The van der Waals surface area contributed by atoms with E-state index < -0.39 is 6.04 Å². The summed E-state index contributed by atoms with van der Waals surface area (Å²) in [5.74, 6) is 0.0194. The fraction of sp³-hybridized carbons (Fsp3) is 0.619. The van der Waals surface area contributed by atoms with Crippen molar-refractivity contribution in [1.29, 1.82) is 0 Å². The van der Waals surface area contributed by atoms with Gasteiger partial charge in [-0.1, -0.05) is 56.8 Å². The molecule has 1 fully saturated rings. The Balaban J connectivity index is 2.12. The molecule has 144 valence electrons. The van der Waals surface area contributed by atoms with Crippen LogP contribution in [0.1, 0.15) is 70.8 Å². The maximum atomic E-state index is 12.9. The van der Waals surface area contributed by atoms with Gasteiger partial charge in [0, 0.05) is 24.0 Å². The predicted molar refractivity (Wildman–Crippen MR) is 106 cm³/mol. The number of carbonyl (C=O) groups is 2. The highest BCUT2D eigenvalue weighted by molar-refractivity contribution is 6.30. The van der Waals surface area contributed by atoms with Crippen LogP contribution in [0, 0.1) is 0 Å². The molecule has 0 aliphatic heterocycles. The zero-order valence-corrected chi connectivity index (χ0v) is 16.7. The van der Waals surface area contributed by atoms with E-state index in [4.69, 9.17) is 11.6 Å². The van der Waals surface area contributed by atoms with Crippen LogP contribution in [-0.2, 0) is 16.1 Å². The molecule has 0 radical (unpaired) electrons. The molecule has 1 aliphatic rings. The summed E-state index contributed by atoms with van der Waals surface area (Å²) in [6.07, 6.45) is 7.53. The number of benzene rings is 1. The van der Waals surface area contributed by atoms with Crippen LogP contribution in [0.2, 0.25) is 5.02 Å². The van der Waals surface area contributed by atoms with Crippen LogP contribution >= 0.6 is 11.6 Å². The number of carbonyl (C=O) groups excluding carboxylic acids is 2. The number of hydrogen-bond donors (Lipinski definition) is 1. The highest BCUT2D eigenvalue weighted by Gasteiger charge is 2.29. The molecule has 0 heterocycles. The first kappa shape index (κ1) is 20.8. The Morgan fingerprint density at radius 3 is 2.38 bits per heavy atom. The van der Waals surface area contributed by atoms with E-state index in [0.29, 0.717) is 24.4 Å². The summed E-state index contributed by atoms with van der Waals surface area (Å²) >= 11 is 5.96. The van der Waals surface area contributed by atoms with E-state index in [1.165, 1.54) is 19.3 Å². The third-order valence-corrected chi connectivity index (χ3v) is 5.32. The molecule has 1 N–H and O–H groups in total. The topological polar surface area (TPSA) is 49.4 Å². The van der Waals surface area contributed by atoms with Crippen molar-refractivity contribution in [2.45, 2.75) is 83.8 Å². The van der Waals surface area contributed by atoms with Crippen molar-refractivity contribution in [3.05, 3.63) is 34.9 Å². The molecule has 5 heteroatoms. The van der Waals surface area contributed by atoms with Crippen LogP contribution in [0.4, 0.5) is 0 Å². The fourth-order valence-electron chi connectivity index (χ4n) is 3.61. The van der Waals surface area contributed by atoms with E-state index in [1.807, 2.05) is 38.1 Å². The lowest BCUT2D eigenvalue weighted by atomic mass is 9.95. The lowest BCUT2D eigenvalue weighted by Crippen LogP contribution is -2.51. The molecule has 0 spiro atoms. The van der Waals surface area contributed by atoms with Crippen molar-refractivity contribution in [2.24, 2.45) is 0 Å². The van der Waals surface area contributed by atoms with Gasteiger partial charge < -0.3 is 10.2 Å². The van der Waals surface area contributed by atoms with E-state index in [1.54, 1.807) is 4.90 Å². The van der Waals surface area contributed by atoms with Gasteiger partial charge in [0.05, 0.1) is 0 Å². The SMILES string of the molecule is CCCC(=O)N(Cc1ccc(Cl)cc1)C(CC)C(=O)NC1CCCCC1. The first-order valence-electron chi connectivity index (χ1n) is 9.89. The fourth-order valence-corrected chi connectivity index (χ4v) is 3.73. The second-order valence-corrected chi connectivity index (χ2v) is 7.60. The maximum absolute atomic E-state index is 12.9. The minimum atomic E-state index is -0.424. The minimum Gasteiger partial charge on any atom is -0.352 e. The Kier molecular flexibility index (Phi) is 8.43. The molecular formula is C21H31ClN2O2. The molecule has 1 unspecified atom stereocenters. The number of hydrogen-bond acceptors (Lipinski definition) is 2. The van der Waals surface area contributed by atoms with Gasteiger partial charge in [0.1, 0.15) is 6.04 Å². The second-order valence-electron chi connectivity index (χ2n) is 7.17. The van der Waals surface area contributed by atoms with Crippen molar-refractivity contribution in [3.63, 3.8) is 0 Å².